The molecule has 0 aromatic heterocycles. The van der Waals surface area contributed by atoms with Crippen molar-refractivity contribution in [2.45, 2.75) is 31.1 Å². The van der Waals surface area contributed by atoms with E-state index in [-0.39, 0.29) is 16.6 Å². The molecular formula is C21H26N2O4S2. The maximum absolute atomic E-state index is 13.0. The zero-order chi connectivity index (χ0) is 20.9. The number of sulfonamides is 1. The van der Waals surface area contributed by atoms with Crippen molar-refractivity contribution in [2.75, 3.05) is 30.4 Å². The van der Waals surface area contributed by atoms with E-state index < -0.39 is 10.0 Å². The minimum atomic E-state index is -3.61. The summed E-state index contributed by atoms with van der Waals surface area (Å²) in [5.41, 5.74) is 1.39. The second kappa shape index (κ2) is 9.65. The number of carbonyl (C=O) groups is 1. The summed E-state index contributed by atoms with van der Waals surface area (Å²) in [6.07, 6.45) is 4.61. The monoisotopic (exact) mass is 434 g/mol. The SMILES string of the molecule is CSCC(=O)Nc1cc(S(=O)(=O)N2CCCCC2)ccc1Oc1cccc(C)c1. The Hall–Kier alpha value is -2.03. The van der Waals surface area contributed by atoms with Crippen LogP contribution >= 0.6 is 11.8 Å². The first-order valence-electron chi connectivity index (χ1n) is 9.57. The van der Waals surface area contributed by atoms with Crippen molar-refractivity contribution in [2.24, 2.45) is 0 Å². The highest BCUT2D eigenvalue weighted by Gasteiger charge is 2.27. The van der Waals surface area contributed by atoms with E-state index in [1.165, 1.54) is 22.1 Å². The highest BCUT2D eigenvalue weighted by Crippen LogP contribution is 2.33. The van der Waals surface area contributed by atoms with E-state index in [1.54, 1.807) is 12.1 Å². The van der Waals surface area contributed by atoms with Gasteiger partial charge >= 0.3 is 0 Å². The summed E-state index contributed by atoms with van der Waals surface area (Å²) in [5.74, 6) is 1.09. The highest BCUT2D eigenvalue weighted by atomic mass is 32.2. The maximum atomic E-state index is 13.0. The Morgan fingerprint density at radius 3 is 2.59 bits per heavy atom. The van der Waals surface area contributed by atoms with Gasteiger partial charge in [0.25, 0.3) is 0 Å². The number of ether oxygens (including phenoxy) is 1. The van der Waals surface area contributed by atoms with E-state index in [0.29, 0.717) is 30.3 Å². The van der Waals surface area contributed by atoms with Crippen molar-refractivity contribution in [3.8, 4) is 11.5 Å². The minimum absolute atomic E-state index is 0.162. The van der Waals surface area contributed by atoms with Gasteiger partial charge in [-0.05, 0) is 61.9 Å². The molecule has 8 heteroatoms. The molecule has 0 spiro atoms. The average molecular weight is 435 g/mol. The number of aryl methyl sites for hydroxylation is 1. The van der Waals surface area contributed by atoms with Crippen molar-refractivity contribution < 1.29 is 17.9 Å². The number of thioether (sulfide) groups is 1. The molecule has 6 nitrogen and oxygen atoms in total. The molecule has 156 valence electrons. The first-order valence-corrected chi connectivity index (χ1v) is 12.4. The smallest absolute Gasteiger partial charge is 0.243 e. The fraction of sp³-hybridized carbons (Fsp3) is 0.381. The number of amides is 1. The van der Waals surface area contributed by atoms with Crippen LogP contribution in [0.4, 0.5) is 5.69 Å². The standard InChI is InChI=1S/C21H26N2O4S2/c1-16-7-6-8-17(13-16)27-20-10-9-18(14-19(20)22-21(24)15-28-2)29(25,26)23-11-4-3-5-12-23/h6-10,13-14H,3-5,11-12,15H2,1-2H3,(H,22,24). The molecule has 1 heterocycles. The van der Waals surface area contributed by atoms with Crippen LogP contribution in [0.1, 0.15) is 24.8 Å². The molecule has 0 unspecified atom stereocenters. The van der Waals surface area contributed by atoms with Crippen LogP contribution in [0, 0.1) is 6.92 Å². The van der Waals surface area contributed by atoms with Gasteiger partial charge in [-0.2, -0.15) is 16.1 Å². The molecule has 2 aromatic rings. The van der Waals surface area contributed by atoms with Crippen LogP contribution in [0.3, 0.4) is 0 Å². The molecule has 0 aliphatic carbocycles. The summed E-state index contributed by atoms with van der Waals surface area (Å²) in [5, 5.41) is 2.79. The number of hydrogen-bond acceptors (Lipinski definition) is 5. The third-order valence-corrected chi connectivity index (χ3v) is 7.12. The summed E-state index contributed by atoms with van der Waals surface area (Å²) in [6.45, 7) is 3.01. The van der Waals surface area contributed by atoms with E-state index in [4.69, 9.17) is 4.74 Å². The first-order chi connectivity index (χ1) is 13.9. The number of hydrogen-bond donors (Lipinski definition) is 1. The fourth-order valence-electron chi connectivity index (χ4n) is 3.23. The zero-order valence-electron chi connectivity index (χ0n) is 16.7. The van der Waals surface area contributed by atoms with E-state index in [1.807, 2.05) is 37.4 Å². The number of rotatable bonds is 7. The molecule has 3 rings (SSSR count). The Morgan fingerprint density at radius 1 is 1.14 bits per heavy atom. The molecule has 1 aliphatic heterocycles. The molecule has 2 aromatic carbocycles. The van der Waals surface area contributed by atoms with Gasteiger partial charge < -0.3 is 10.1 Å². The second-order valence-corrected chi connectivity index (χ2v) is 9.83. The van der Waals surface area contributed by atoms with Crippen LogP contribution in [-0.4, -0.2) is 43.7 Å². The van der Waals surface area contributed by atoms with Gasteiger partial charge in [-0.1, -0.05) is 18.6 Å². The number of benzene rings is 2. The van der Waals surface area contributed by atoms with Gasteiger partial charge in [0.05, 0.1) is 16.3 Å². The minimum Gasteiger partial charge on any atom is -0.455 e. The molecular weight excluding hydrogens is 408 g/mol. The highest BCUT2D eigenvalue weighted by molar-refractivity contribution is 7.99. The third kappa shape index (κ3) is 5.52. The molecule has 1 aliphatic rings. The van der Waals surface area contributed by atoms with E-state index >= 15 is 0 Å². The van der Waals surface area contributed by atoms with E-state index in [0.717, 1.165) is 24.8 Å². The molecule has 1 saturated heterocycles. The van der Waals surface area contributed by atoms with Crippen LogP contribution in [0.25, 0.3) is 0 Å². The molecule has 1 N–H and O–H groups in total. The van der Waals surface area contributed by atoms with Crippen molar-refractivity contribution in [1.82, 2.24) is 4.31 Å². The van der Waals surface area contributed by atoms with Crippen molar-refractivity contribution in [1.29, 1.82) is 0 Å². The van der Waals surface area contributed by atoms with Gasteiger partial charge in [-0.25, -0.2) is 8.42 Å². The van der Waals surface area contributed by atoms with Crippen LogP contribution in [0.2, 0.25) is 0 Å². The summed E-state index contributed by atoms with van der Waals surface area (Å²) in [4.78, 5) is 12.3. The van der Waals surface area contributed by atoms with Gasteiger partial charge in [0.2, 0.25) is 15.9 Å². The second-order valence-electron chi connectivity index (χ2n) is 7.02. The molecule has 0 saturated carbocycles. The van der Waals surface area contributed by atoms with Crippen molar-refractivity contribution in [3.63, 3.8) is 0 Å². The Morgan fingerprint density at radius 2 is 1.90 bits per heavy atom. The summed E-state index contributed by atoms with van der Waals surface area (Å²) in [7, 11) is -3.61. The predicted octanol–water partition coefficient (Wildman–Crippen LogP) is 4.26. The van der Waals surface area contributed by atoms with Gasteiger partial charge in [-0.3, -0.25) is 4.79 Å². The van der Waals surface area contributed by atoms with Gasteiger partial charge in [0, 0.05) is 13.1 Å². The summed E-state index contributed by atoms with van der Waals surface area (Å²) in [6, 6.07) is 12.2. The Labute approximate surface area is 176 Å². The van der Waals surface area contributed by atoms with E-state index in [9.17, 15) is 13.2 Å². The number of anilines is 1. The lowest BCUT2D eigenvalue weighted by atomic mass is 10.2. The molecule has 1 fully saturated rings. The normalized spacial score (nSPS) is 15.1. The number of carbonyl (C=O) groups excluding carboxylic acids is 1. The molecule has 0 atom stereocenters. The summed E-state index contributed by atoms with van der Waals surface area (Å²) < 4.78 is 33.5. The topological polar surface area (TPSA) is 75.7 Å². The van der Waals surface area contributed by atoms with Crippen LogP contribution in [-0.2, 0) is 14.8 Å². The predicted molar refractivity (Wildman–Crippen MR) is 117 cm³/mol. The lowest BCUT2D eigenvalue weighted by Gasteiger charge is -2.26. The number of piperidine rings is 1. The van der Waals surface area contributed by atoms with Crippen molar-refractivity contribution in [3.05, 3.63) is 48.0 Å². The van der Waals surface area contributed by atoms with Crippen LogP contribution < -0.4 is 10.1 Å². The Kier molecular flexibility index (Phi) is 7.21. The lowest BCUT2D eigenvalue weighted by molar-refractivity contribution is -0.113. The lowest BCUT2D eigenvalue weighted by Crippen LogP contribution is -2.35. The Bertz CT molecular complexity index is 970. The molecule has 0 radical (unpaired) electrons. The average Bonchev–Trinajstić information content (AvgIpc) is 2.70. The fourth-order valence-corrected chi connectivity index (χ4v) is 5.11. The van der Waals surface area contributed by atoms with Crippen LogP contribution in [0.15, 0.2) is 47.4 Å². The first kappa shape index (κ1) is 21.7. The quantitative estimate of drug-likeness (QED) is 0.705. The van der Waals surface area contributed by atoms with Crippen molar-refractivity contribution >= 4 is 33.4 Å². The Balaban J connectivity index is 1.94. The molecule has 1 amide bonds. The molecule has 0 bridgehead atoms. The van der Waals surface area contributed by atoms with Gasteiger partial charge in [-0.15, -0.1) is 0 Å². The zero-order valence-corrected chi connectivity index (χ0v) is 18.3. The van der Waals surface area contributed by atoms with Gasteiger partial charge in [0.15, 0.2) is 5.75 Å². The van der Waals surface area contributed by atoms with Crippen LogP contribution in [0.5, 0.6) is 11.5 Å². The number of nitrogens with zero attached hydrogens (tertiary/aromatic N) is 1. The maximum Gasteiger partial charge on any atom is 0.243 e. The van der Waals surface area contributed by atoms with E-state index in [2.05, 4.69) is 5.32 Å². The third-order valence-electron chi connectivity index (χ3n) is 4.67. The summed E-state index contributed by atoms with van der Waals surface area (Å²) >= 11 is 1.39. The largest absolute Gasteiger partial charge is 0.455 e. The molecule has 29 heavy (non-hydrogen) atoms. The number of nitrogens with one attached hydrogen (secondary N) is 1. The van der Waals surface area contributed by atoms with Gasteiger partial charge in [0.1, 0.15) is 5.75 Å².